The molecule has 1 aliphatic heterocycles. The van der Waals surface area contributed by atoms with E-state index in [0.717, 1.165) is 41.7 Å². The van der Waals surface area contributed by atoms with Crippen molar-refractivity contribution in [3.63, 3.8) is 0 Å². The average Bonchev–Trinajstić information content (AvgIpc) is 3.46. The normalized spacial score (nSPS) is 16.1. The second kappa shape index (κ2) is 8.29. The number of nitrogens with two attached hydrogens (primary N) is 1. The Bertz CT molecular complexity index is 1330. The molecule has 0 saturated carbocycles. The third-order valence-corrected chi connectivity index (χ3v) is 6.27. The van der Waals surface area contributed by atoms with Crippen molar-refractivity contribution in [2.75, 3.05) is 32.9 Å². The zero-order valence-electron chi connectivity index (χ0n) is 19.0. The molecule has 3 heterocycles. The fraction of sp³-hybridized carbons (Fsp3) is 0.280. The number of H-pyrrole nitrogens is 1. The molecule has 3 N–H and O–H groups in total. The Balaban J connectivity index is 1.40. The molecule has 1 fully saturated rings. The zero-order valence-corrected chi connectivity index (χ0v) is 19.0. The molecule has 1 amide bonds. The van der Waals surface area contributed by atoms with Gasteiger partial charge in [-0.15, -0.1) is 0 Å². The summed E-state index contributed by atoms with van der Waals surface area (Å²) in [5.74, 6) is 0.956. The van der Waals surface area contributed by atoms with Crippen molar-refractivity contribution in [1.29, 1.82) is 0 Å². The number of aryl methyl sites for hydroxylation is 1. The number of hydrogen-bond donors (Lipinski definition) is 2. The highest BCUT2D eigenvalue weighted by Crippen LogP contribution is 2.27. The van der Waals surface area contributed by atoms with E-state index in [1.54, 1.807) is 6.20 Å². The molecule has 5 rings (SSSR count). The number of carbonyl (C=O) groups excluding carboxylic acids is 1. The number of aromatic nitrogens is 4. The Morgan fingerprint density at radius 3 is 2.67 bits per heavy atom. The van der Waals surface area contributed by atoms with Crippen LogP contribution in [-0.2, 0) is 0 Å². The number of aromatic amines is 1. The Morgan fingerprint density at radius 1 is 1.15 bits per heavy atom. The zero-order chi connectivity index (χ0) is 23.1. The lowest BCUT2D eigenvalue weighted by atomic mass is 10.1. The smallest absolute Gasteiger partial charge is 0.253 e. The highest BCUT2D eigenvalue weighted by atomic mass is 16.2. The topological polar surface area (TPSA) is 104 Å². The fourth-order valence-corrected chi connectivity index (χ4v) is 4.26. The van der Waals surface area contributed by atoms with Gasteiger partial charge in [-0.25, -0.2) is 15.0 Å². The Kier molecular flexibility index (Phi) is 5.30. The van der Waals surface area contributed by atoms with Crippen LogP contribution in [0.25, 0.3) is 33.8 Å². The maximum absolute atomic E-state index is 12.9. The minimum Gasteiger partial charge on any atom is -0.382 e. The van der Waals surface area contributed by atoms with Crippen LogP contribution in [0, 0.1) is 6.92 Å². The van der Waals surface area contributed by atoms with Gasteiger partial charge in [-0.2, -0.15) is 0 Å². The van der Waals surface area contributed by atoms with Gasteiger partial charge in [-0.05, 0) is 57.3 Å². The summed E-state index contributed by atoms with van der Waals surface area (Å²) < 4.78 is 0. The molecule has 0 bridgehead atoms. The van der Waals surface area contributed by atoms with E-state index in [9.17, 15) is 4.79 Å². The van der Waals surface area contributed by atoms with E-state index in [2.05, 4.69) is 33.9 Å². The number of fused-ring (bicyclic) bond motifs is 1. The maximum Gasteiger partial charge on any atom is 0.253 e. The molecule has 1 atom stereocenters. The summed E-state index contributed by atoms with van der Waals surface area (Å²) in [5, 5.41) is 0. The van der Waals surface area contributed by atoms with E-state index in [1.807, 2.05) is 54.3 Å². The number of hydrogen-bond acceptors (Lipinski definition) is 6. The predicted octanol–water partition coefficient (Wildman–Crippen LogP) is 3.35. The number of nitrogens with one attached hydrogen (secondary N) is 1. The Labute approximate surface area is 192 Å². The van der Waals surface area contributed by atoms with Gasteiger partial charge in [0.2, 0.25) is 0 Å². The van der Waals surface area contributed by atoms with Gasteiger partial charge in [0.25, 0.3) is 5.91 Å². The third-order valence-electron chi connectivity index (χ3n) is 6.27. The van der Waals surface area contributed by atoms with Gasteiger partial charge in [0.15, 0.2) is 11.6 Å². The van der Waals surface area contributed by atoms with Gasteiger partial charge < -0.3 is 20.5 Å². The SMILES string of the molecule is Cc1ccc2nc(-c3nc(-c4ccc(C(=O)N5CC[C@H](N(C)C)C5)cc4)cnc3N)[nH]c2c1. The van der Waals surface area contributed by atoms with Crippen LogP contribution < -0.4 is 5.73 Å². The van der Waals surface area contributed by atoms with Crippen molar-refractivity contribution >= 4 is 22.8 Å². The first-order valence-electron chi connectivity index (χ1n) is 11.0. The van der Waals surface area contributed by atoms with E-state index in [1.165, 1.54) is 0 Å². The molecule has 8 heteroatoms. The van der Waals surface area contributed by atoms with E-state index in [0.29, 0.717) is 34.6 Å². The molecule has 8 nitrogen and oxygen atoms in total. The van der Waals surface area contributed by atoms with Gasteiger partial charge in [-0.3, -0.25) is 4.79 Å². The lowest BCUT2D eigenvalue weighted by molar-refractivity contribution is 0.0783. The quantitative estimate of drug-likeness (QED) is 0.503. The van der Waals surface area contributed by atoms with Gasteiger partial charge in [-0.1, -0.05) is 18.2 Å². The summed E-state index contributed by atoms with van der Waals surface area (Å²) in [6.07, 6.45) is 2.65. The summed E-state index contributed by atoms with van der Waals surface area (Å²) in [6, 6.07) is 13.9. The summed E-state index contributed by atoms with van der Waals surface area (Å²) >= 11 is 0. The van der Waals surface area contributed by atoms with Crippen molar-refractivity contribution < 1.29 is 4.79 Å². The van der Waals surface area contributed by atoms with Crippen LogP contribution >= 0.6 is 0 Å². The van der Waals surface area contributed by atoms with Crippen LogP contribution in [0.3, 0.4) is 0 Å². The van der Waals surface area contributed by atoms with Gasteiger partial charge >= 0.3 is 0 Å². The molecule has 1 saturated heterocycles. The number of carbonyl (C=O) groups is 1. The molecule has 2 aromatic carbocycles. The summed E-state index contributed by atoms with van der Waals surface area (Å²) in [6.45, 7) is 3.58. The molecular formula is C25H27N7O. The van der Waals surface area contributed by atoms with Crippen LogP contribution in [0.1, 0.15) is 22.3 Å². The monoisotopic (exact) mass is 441 g/mol. The van der Waals surface area contributed by atoms with Gasteiger partial charge in [0.1, 0.15) is 5.69 Å². The minimum absolute atomic E-state index is 0.0625. The van der Waals surface area contributed by atoms with Crippen LogP contribution in [0.2, 0.25) is 0 Å². The van der Waals surface area contributed by atoms with Crippen LogP contribution in [0.4, 0.5) is 5.82 Å². The Hall–Kier alpha value is -3.78. The van der Waals surface area contributed by atoms with Crippen molar-refractivity contribution in [2.45, 2.75) is 19.4 Å². The van der Waals surface area contributed by atoms with E-state index in [-0.39, 0.29) is 5.91 Å². The number of nitrogens with zero attached hydrogens (tertiary/aromatic N) is 5. The summed E-state index contributed by atoms with van der Waals surface area (Å²) in [7, 11) is 4.11. The Morgan fingerprint density at radius 2 is 1.94 bits per heavy atom. The number of anilines is 1. The molecule has 33 heavy (non-hydrogen) atoms. The lowest BCUT2D eigenvalue weighted by Gasteiger charge is -2.20. The van der Waals surface area contributed by atoms with Crippen LogP contribution in [-0.4, -0.2) is 68.9 Å². The van der Waals surface area contributed by atoms with E-state index >= 15 is 0 Å². The number of imidazole rings is 1. The molecule has 4 aromatic rings. The maximum atomic E-state index is 12.9. The molecule has 1 aliphatic rings. The van der Waals surface area contributed by atoms with Crippen molar-refractivity contribution in [1.82, 2.24) is 29.7 Å². The minimum atomic E-state index is 0.0625. The molecule has 0 unspecified atom stereocenters. The number of rotatable bonds is 4. The summed E-state index contributed by atoms with van der Waals surface area (Å²) in [5.41, 5.74) is 11.8. The lowest BCUT2D eigenvalue weighted by Crippen LogP contribution is -2.34. The first-order valence-corrected chi connectivity index (χ1v) is 11.0. The standard InChI is InChI=1S/C25H27N7O/c1-15-4-9-19-20(12-15)30-24(29-19)22-23(26)27-13-21(28-22)16-5-7-17(8-6-16)25(33)32-11-10-18(14-32)31(2)3/h4-9,12-13,18H,10-11,14H2,1-3H3,(H2,26,27)(H,29,30)/t18-/m0/s1. The summed E-state index contributed by atoms with van der Waals surface area (Å²) in [4.78, 5) is 34.0. The molecular weight excluding hydrogens is 414 g/mol. The highest BCUT2D eigenvalue weighted by molar-refractivity contribution is 5.95. The van der Waals surface area contributed by atoms with E-state index < -0.39 is 0 Å². The fourth-order valence-electron chi connectivity index (χ4n) is 4.26. The average molecular weight is 442 g/mol. The number of likely N-dealkylation sites (tertiary alicyclic amines) is 1. The molecule has 2 aromatic heterocycles. The highest BCUT2D eigenvalue weighted by Gasteiger charge is 2.28. The third kappa shape index (κ3) is 4.05. The number of likely N-dealkylation sites (N-methyl/N-ethyl adjacent to an activating group) is 1. The van der Waals surface area contributed by atoms with E-state index in [4.69, 9.17) is 10.7 Å². The van der Waals surface area contributed by atoms with Gasteiger partial charge in [0, 0.05) is 30.3 Å². The van der Waals surface area contributed by atoms with Crippen LogP contribution in [0.15, 0.2) is 48.7 Å². The van der Waals surface area contributed by atoms with Crippen molar-refractivity contribution in [3.05, 3.63) is 59.8 Å². The molecule has 0 aliphatic carbocycles. The predicted molar refractivity (Wildman–Crippen MR) is 130 cm³/mol. The second-order valence-corrected chi connectivity index (χ2v) is 8.83. The number of benzene rings is 2. The van der Waals surface area contributed by atoms with Crippen molar-refractivity contribution in [3.8, 4) is 22.8 Å². The molecule has 0 spiro atoms. The van der Waals surface area contributed by atoms with Crippen LogP contribution in [0.5, 0.6) is 0 Å². The second-order valence-electron chi connectivity index (χ2n) is 8.83. The molecule has 0 radical (unpaired) electrons. The largest absolute Gasteiger partial charge is 0.382 e. The molecule has 168 valence electrons. The first-order chi connectivity index (χ1) is 15.9. The first kappa shape index (κ1) is 21.1. The number of nitrogen functional groups attached to an aromatic ring is 1. The number of amides is 1. The van der Waals surface area contributed by atoms with Crippen molar-refractivity contribution in [2.24, 2.45) is 0 Å². The van der Waals surface area contributed by atoms with Gasteiger partial charge in [0.05, 0.1) is 22.9 Å².